The van der Waals surface area contributed by atoms with Crippen LogP contribution in [0.4, 0.5) is 17.8 Å². The van der Waals surface area contributed by atoms with Gasteiger partial charge in [-0.05, 0) is 45.8 Å². The number of piperidine rings is 2. The van der Waals surface area contributed by atoms with Gasteiger partial charge in [-0.25, -0.2) is 0 Å². The first-order valence-electron chi connectivity index (χ1n) is 11.7. The summed E-state index contributed by atoms with van der Waals surface area (Å²) in [5, 5.41) is 15.3. The molecule has 0 bridgehead atoms. The second kappa shape index (κ2) is 11.9. The molecule has 5 N–H and O–H groups in total. The van der Waals surface area contributed by atoms with Crippen molar-refractivity contribution in [1.82, 2.24) is 25.2 Å². The normalized spacial score (nSPS) is 20.7. The number of hydrogen-bond acceptors (Lipinski definition) is 10. The second-order valence-corrected chi connectivity index (χ2v) is 8.83. The zero-order valence-corrected chi connectivity index (χ0v) is 19.7. The molecule has 1 aromatic rings. The van der Waals surface area contributed by atoms with E-state index in [1.165, 1.54) is 0 Å². The molecule has 0 aromatic carbocycles. The molecule has 0 unspecified atom stereocenters. The Balaban J connectivity index is 0.000000286. The van der Waals surface area contributed by atoms with E-state index in [1.54, 1.807) is 7.05 Å². The van der Waals surface area contributed by atoms with Crippen molar-refractivity contribution in [3.05, 3.63) is 0 Å². The molecule has 1 aromatic heterocycles. The predicted octanol–water partition coefficient (Wildman–Crippen LogP) is -0.563. The Kier molecular flexibility index (Phi) is 9.01. The monoisotopic (exact) mass is 463 g/mol. The number of carbonyl (C=O) groups excluding carboxylic acids is 1. The second-order valence-electron chi connectivity index (χ2n) is 8.83. The molecule has 184 valence electrons. The van der Waals surface area contributed by atoms with Gasteiger partial charge in [-0.1, -0.05) is 0 Å². The summed E-state index contributed by atoms with van der Waals surface area (Å²) in [5.74, 6) is 0.894. The third-order valence-electron chi connectivity index (χ3n) is 6.49. The van der Waals surface area contributed by atoms with Crippen molar-refractivity contribution in [1.29, 1.82) is 0 Å². The predicted molar refractivity (Wildman–Crippen MR) is 126 cm³/mol. The molecule has 0 saturated carbocycles. The fourth-order valence-corrected chi connectivity index (χ4v) is 4.19. The summed E-state index contributed by atoms with van der Waals surface area (Å²) in [4.78, 5) is 41.8. The molecular weight excluding hydrogens is 426 g/mol. The van der Waals surface area contributed by atoms with Crippen LogP contribution in [0, 0.1) is 11.8 Å². The van der Waals surface area contributed by atoms with Crippen molar-refractivity contribution in [3.63, 3.8) is 0 Å². The molecule has 4 rings (SSSR count). The number of amides is 1. The Morgan fingerprint density at radius 1 is 0.909 bits per heavy atom. The minimum Gasteiger partial charge on any atom is -0.481 e. The van der Waals surface area contributed by atoms with Crippen LogP contribution >= 0.6 is 0 Å². The van der Waals surface area contributed by atoms with Crippen LogP contribution in [0.2, 0.25) is 0 Å². The summed E-state index contributed by atoms with van der Waals surface area (Å²) in [6.45, 7) is 6.95. The summed E-state index contributed by atoms with van der Waals surface area (Å²) < 4.78 is 0. The third kappa shape index (κ3) is 7.13. The average molecular weight is 464 g/mol. The molecule has 3 fully saturated rings. The number of carbonyl (C=O) groups is 2. The lowest BCUT2D eigenvalue weighted by molar-refractivity contribution is -0.142. The number of carboxylic acids is 1. The van der Waals surface area contributed by atoms with E-state index >= 15 is 0 Å². The number of carboxylic acid groups (broad SMARTS) is 1. The number of primary amides is 1. The zero-order valence-electron chi connectivity index (χ0n) is 19.7. The van der Waals surface area contributed by atoms with Crippen molar-refractivity contribution < 1.29 is 14.7 Å². The van der Waals surface area contributed by atoms with Crippen LogP contribution in [0.3, 0.4) is 0 Å². The minimum absolute atomic E-state index is 0.131. The van der Waals surface area contributed by atoms with Crippen LogP contribution in [-0.2, 0) is 9.59 Å². The zero-order chi connectivity index (χ0) is 23.8. The number of likely N-dealkylation sites (N-methyl/N-ethyl adjacent to an activating group) is 1. The molecule has 0 radical (unpaired) electrons. The largest absolute Gasteiger partial charge is 0.481 e. The SMILES string of the molecule is CNc1nc(N2CCC(C(=O)O)CC2)nc(N2CCN(C)CC2)n1.NC(=O)C1CCNCC1. The fraction of sp³-hybridized carbons (Fsp3) is 0.762. The van der Waals surface area contributed by atoms with Crippen LogP contribution in [-0.4, -0.2) is 103 Å². The number of piperazine rings is 1. The molecule has 0 aliphatic carbocycles. The van der Waals surface area contributed by atoms with Crippen molar-refractivity contribution in [2.75, 3.05) is 81.6 Å². The van der Waals surface area contributed by atoms with Crippen LogP contribution in [0.25, 0.3) is 0 Å². The molecule has 3 saturated heterocycles. The number of nitrogens with one attached hydrogen (secondary N) is 2. The fourth-order valence-electron chi connectivity index (χ4n) is 4.19. The first-order chi connectivity index (χ1) is 15.9. The van der Waals surface area contributed by atoms with Gasteiger partial charge in [0, 0.05) is 52.2 Å². The Bertz CT molecular complexity index is 787. The summed E-state index contributed by atoms with van der Waals surface area (Å²) in [6, 6.07) is 0. The van der Waals surface area contributed by atoms with E-state index in [4.69, 9.17) is 10.8 Å². The molecule has 4 heterocycles. The van der Waals surface area contributed by atoms with E-state index in [1.807, 2.05) is 0 Å². The van der Waals surface area contributed by atoms with Gasteiger partial charge in [0.1, 0.15) is 0 Å². The van der Waals surface area contributed by atoms with Crippen molar-refractivity contribution in [2.45, 2.75) is 25.7 Å². The topological polar surface area (TPSA) is 153 Å². The summed E-state index contributed by atoms with van der Waals surface area (Å²) in [6.07, 6.45) is 3.07. The maximum Gasteiger partial charge on any atom is 0.306 e. The Morgan fingerprint density at radius 2 is 1.45 bits per heavy atom. The molecule has 12 heteroatoms. The molecule has 12 nitrogen and oxygen atoms in total. The number of nitrogens with zero attached hydrogens (tertiary/aromatic N) is 6. The van der Waals surface area contributed by atoms with E-state index in [9.17, 15) is 9.59 Å². The highest BCUT2D eigenvalue weighted by Crippen LogP contribution is 2.23. The van der Waals surface area contributed by atoms with Gasteiger partial charge in [-0.2, -0.15) is 15.0 Å². The van der Waals surface area contributed by atoms with Crippen molar-refractivity contribution in [3.8, 4) is 0 Å². The molecule has 0 spiro atoms. The summed E-state index contributed by atoms with van der Waals surface area (Å²) in [7, 11) is 3.91. The van der Waals surface area contributed by atoms with E-state index in [2.05, 4.69) is 47.3 Å². The maximum atomic E-state index is 11.1. The van der Waals surface area contributed by atoms with Gasteiger partial charge in [0.25, 0.3) is 0 Å². The van der Waals surface area contributed by atoms with Crippen molar-refractivity contribution in [2.24, 2.45) is 17.6 Å². The van der Waals surface area contributed by atoms with Gasteiger partial charge in [0.15, 0.2) is 0 Å². The van der Waals surface area contributed by atoms with Gasteiger partial charge < -0.3 is 36.2 Å². The first kappa shape index (κ1) is 24.9. The number of aromatic nitrogens is 3. The van der Waals surface area contributed by atoms with Crippen LogP contribution in [0.5, 0.6) is 0 Å². The molecule has 3 aliphatic heterocycles. The number of hydrogen-bond donors (Lipinski definition) is 4. The molecule has 3 aliphatic rings. The Hall–Kier alpha value is -2.73. The summed E-state index contributed by atoms with van der Waals surface area (Å²) >= 11 is 0. The molecule has 1 amide bonds. The van der Waals surface area contributed by atoms with E-state index < -0.39 is 5.97 Å². The lowest BCUT2D eigenvalue weighted by Gasteiger charge is -2.34. The quantitative estimate of drug-likeness (QED) is 0.444. The summed E-state index contributed by atoms with van der Waals surface area (Å²) in [5.41, 5.74) is 5.10. The van der Waals surface area contributed by atoms with E-state index in [0.717, 1.165) is 52.1 Å². The van der Waals surface area contributed by atoms with Crippen LogP contribution in [0.15, 0.2) is 0 Å². The minimum atomic E-state index is -0.709. The Morgan fingerprint density at radius 3 is 1.91 bits per heavy atom. The van der Waals surface area contributed by atoms with Gasteiger partial charge >= 0.3 is 5.97 Å². The van der Waals surface area contributed by atoms with Gasteiger partial charge in [-0.3, -0.25) is 9.59 Å². The molecule has 33 heavy (non-hydrogen) atoms. The number of aliphatic carboxylic acids is 1. The highest BCUT2D eigenvalue weighted by Gasteiger charge is 2.27. The lowest BCUT2D eigenvalue weighted by atomic mass is 9.97. The Labute approximate surface area is 194 Å². The lowest BCUT2D eigenvalue weighted by Crippen LogP contribution is -2.45. The first-order valence-corrected chi connectivity index (χ1v) is 11.7. The molecular formula is C21H37N9O3. The van der Waals surface area contributed by atoms with Crippen molar-refractivity contribution >= 4 is 29.7 Å². The van der Waals surface area contributed by atoms with Crippen LogP contribution < -0.4 is 26.2 Å². The van der Waals surface area contributed by atoms with Gasteiger partial charge in [0.2, 0.25) is 23.8 Å². The number of anilines is 3. The standard InChI is InChI=1S/C15H25N7O2.C6H12N2O/c1-16-13-17-14(21-5-3-11(4-6-21)12(23)24)19-15(18-13)22-9-7-20(2)8-10-22;7-6(9)5-1-3-8-4-2-5/h11H,3-10H2,1-2H3,(H,23,24)(H,16,17,18,19);5,8H,1-4H2,(H2,7,9). The van der Waals surface area contributed by atoms with Gasteiger partial charge in [0.05, 0.1) is 5.92 Å². The van der Waals surface area contributed by atoms with E-state index in [-0.39, 0.29) is 17.7 Å². The number of nitrogens with two attached hydrogens (primary N) is 1. The smallest absolute Gasteiger partial charge is 0.306 e. The molecule has 0 atom stereocenters. The van der Waals surface area contributed by atoms with Gasteiger partial charge in [-0.15, -0.1) is 0 Å². The maximum absolute atomic E-state index is 11.1. The number of rotatable bonds is 5. The van der Waals surface area contributed by atoms with E-state index in [0.29, 0.717) is 43.8 Å². The highest BCUT2D eigenvalue weighted by atomic mass is 16.4. The average Bonchev–Trinajstić information content (AvgIpc) is 2.85. The third-order valence-corrected chi connectivity index (χ3v) is 6.49. The highest BCUT2D eigenvalue weighted by molar-refractivity contribution is 5.76. The van der Waals surface area contributed by atoms with Crippen LogP contribution in [0.1, 0.15) is 25.7 Å².